The van der Waals surface area contributed by atoms with E-state index in [4.69, 9.17) is 21.7 Å². The second-order valence-corrected chi connectivity index (χ2v) is 14.2. The van der Waals surface area contributed by atoms with Gasteiger partial charge in [0.2, 0.25) is 0 Å². The van der Waals surface area contributed by atoms with Gasteiger partial charge >= 0.3 is 12.3 Å². The van der Waals surface area contributed by atoms with Crippen molar-refractivity contribution in [3.05, 3.63) is 89.4 Å². The van der Waals surface area contributed by atoms with Gasteiger partial charge in [-0.05, 0) is 47.9 Å². The molecule has 18 heteroatoms. The first-order chi connectivity index (χ1) is 24.4. The van der Waals surface area contributed by atoms with Crippen molar-refractivity contribution in [1.29, 1.82) is 5.41 Å². The largest absolute Gasteiger partial charge is 0.447 e. The number of carbonyl (C=O) groups is 2. The van der Waals surface area contributed by atoms with E-state index in [1.165, 1.54) is 24.4 Å². The van der Waals surface area contributed by atoms with Crippen LogP contribution in [0.25, 0.3) is 16.9 Å². The topological polar surface area (TPSA) is 151 Å². The van der Waals surface area contributed by atoms with E-state index in [1.807, 2.05) is 26.1 Å². The molecule has 2 fully saturated rings. The van der Waals surface area contributed by atoms with Crippen LogP contribution < -0.4 is 10.6 Å². The number of nitrogens with one attached hydrogen (secondary N) is 3. The molecule has 2 aromatic carbocycles. The molecule has 2 aromatic heterocycles. The van der Waals surface area contributed by atoms with Gasteiger partial charge in [0.05, 0.1) is 28.6 Å². The van der Waals surface area contributed by atoms with Crippen LogP contribution in [0, 0.1) is 10.8 Å². The summed E-state index contributed by atoms with van der Waals surface area (Å²) in [5.41, 5.74) is -2.59. The lowest BCUT2D eigenvalue weighted by Crippen LogP contribution is -2.49. The molecule has 274 valence electrons. The van der Waals surface area contributed by atoms with Gasteiger partial charge < -0.3 is 15.4 Å². The molecule has 0 bridgehead atoms. The summed E-state index contributed by atoms with van der Waals surface area (Å²) in [7, 11) is 0. The predicted octanol–water partition coefficient (Wildman–Crippen LogP) is 6.88. The average molecular weight is 746 g/mol. The van der Waals surface area contributed by atoms with Gasteiger partial charge in [-0.25, -0.2) is 23.2 Å². The molecule has 2 amide bonds. The quantitative estimate of drug-likeness (QED) is 0.149. The first-order valence-corrected chi connectivity index (χ1v) is 16.4. The lowest BCUT2D eigenvalue weighted by atomic mass is 9.75. The molecule has 4 aromatic rings. The molecule has 2 atom stereocenters. The summed E-state index contributed by atoms with van der Waals surface area (Å²) in [6.45, 7) is 5.00. The lowest BCUT2D eigenvalue weighted by Gasteiger charge is -2.35. The van der Waals surface area contributed by atoms with E-state index in [0.29, 0.717) is 11.3 Å². The van der Waals surface area contributed by atoms with Crippen LogP contribution in [0.15, 0.2) is 67.4 Å². The van der Waals surface area contributed by atoms with Crippen LogP contribution in [0.4, 0.5) is 26.7 Å². The monoisotopic (exact) mass is 745 g/mol. The number of nitrogens with zero attached hydrogens (tertiary/aromatic N) is 6. The van der Waals surface area contributed by atoms with E-state index >= 15 is 0 Å². The number of halogens is 6. The molecular weight excluding hydrogens is 713 g/mol. The summed E-state index contributed by atoms with van der Waals surface area (Å²) < 4.78 is 74.7. The van der Waals surface area contributed by atoms with Crippen molar-refractivity contribution in [1.82, 2.24) is 40.3 Å². The molecule has 1 aliphatic carbocycles. The summed E-state index contributed by atoms with van der Waals surface area (Å²) in [6, 6.07) is 9.68. The van der Waals surface area contributed by atoms with E-state index in [9.17, 15) is 31.5 Å². The Labute approximate surface area is 299 Å². The number of rotatable bonds is 10. The molecule has 0 unspecified atom stereocenters. The Balaban J connectivity index is 1.41. The minimum Gasteiger partial charge on any atom is -0.447 e. The third kappa shape index (κ3) is 7.00. The Morgan fingerprint density at radius 2 is 1.81 bits per heavy atom. The third-order valence-electron chi connectivity index (χ3n) is 8.86. The fraction of sp³-hybridized carbons (Fsp3) is 0.382. The molecule has 52 heavy (non-hydrogen) atoms. The highest BCUT2D eigenvalue weighted by molar-refractivity contribution is 6.32. The highest BCUT2D eigenvalue weighted by Crippen LogP contribution is 2.49. The normalized spacial score (nSPS) is 19.1. The van der Waals surface area contributed by atoms with Crippen LogP contribution in [0.3, 0.4) is 0 Å². The van der Waals surface area contributed by atoms with E-state index < -0.39 is 65.5 Å². The summed E-state index contributed by atoms with van der Waals surface area (Å²) in [5.74, 6) is -1.76. The van der Waals surface area contributed by atoms with Gasteiger partial charge in [-0.3, -0.25) is 25.1 Å². The molecule has 2 aliphatic rings. The van der Waals surface area contributed by atoms with Crippen molar-refractivity contribution in [3.63, 3.8) is 0 Å². The molecular formula is C34H33ClF5N9O3. The second-order valence-electron chi connectivity index (χ2n) is 13.8. The molecule has 12 nitrogen and oxygen atoms in total. The van der Waals surface area contributed by atoms with Crippen molar-refractivity contribution in [3.8, 4) is 16.9 Å². The van der Waals surface area contributed by atoms with E-state index in [-0.39, 0.29) is 35.5 Å². The summed E-state index contributed by atoms with van der Waals surface area (Å²) >= 11 is 6.41. The molecule has 3 heterocycles. The number of ether oxygens (including phenoxy) is 1. The highest BCUT2D eigenvalue weighted by Gasteiger charge is 2.64. The number of carbonyl (C=O) groups excluding carboxylic acids is 2. The number of aromatic nitrogens is 5. The van der Waals surface area contributed by atoms with Crippen LogP contribution in [0.2, 0.25) is 5.02 Å². The second kappa shape index (κ2) is 13.4. The van der Waals surface area contributed by atoms with Gasteiger partial charge in [-0.1, -0.05) is 62.7 Å². The van der Waals surface area contributed by atoms with E-state index in [0.717, 1.165) is 21.5 Å². The van der Waals surface area contributed by atoms with Crippen LogP contribution in [0.5, 0.6) is 0 Å². The SMILES string of the molecule is CC(C)(C)C[C@]1(c2ccc(-c3cnccn3)cc2)NC(=N)N([C@H](COC(=O)NC2(C(F)(F)F)CC2)c2ccc(Cl)c(-n3ncnc3C(F)F)c2)C1=O. The number of benzene rings is 2. The van der Waals surface area contributed by atoms with Crippen LogP contribution in [-0.4, -0.2) is 65.9 Å². The van der Waals surface area contributed by atoms with Gasteiger partial charge in [0.25, 0.3) is 12.3 Å². The Bertz CT molecular complexity index is 1980. The molecule has 3 N–H and O–H groups in total. The molecule has 1 saturated heterocycles. The fourth-order valence-electron chi connectivity index (χ4n) is 6.30. The summed E-state index contributed by atoms with van der Waals surface area (Å²) in [4.78, 5) is 40.7. The van der Waals surface area contributed by atoms with Crippen molar-refractivity contribution in [2.24, 2.45) is 5.41 Å². The standard InChI is InChI=1S/C34H33ClF5N9O3/c1-31(2,3)17-33(21-7-4-19(5-8-21)23-15-42-12-13-43-23)28(50)48(29(41)46-33)25(16-52-30(51)47-32(10-11-32)34(38,39)40)20-6-9-22(35)24(14-20)49-27(26(36)37)44-18-45-49/h4-9,12-15,18,25-26H,10-11,16-17H2,1-3H3,(H2,41,46)(H,47,51)/t25-,33-/m1/s1. The van der Waals surface area contributed by atoms with Crippen molar-refractivity contribution >= 4 is 29.6 Å². The number of alkyl halides is 5. The zero-order valence-corrected chi connectivity index (χ0v) is 28.8. The number of hydrogen-bond acceptors (Lipinski definition) is 8. The lowest BCUT2D eigenvalue weighted by molar-refractivity contribution is -0.164. The maximum atomic E-state index is 14.9. The van der Waals surface area contributed by atoms with Crippen molar-refractivity contribution in [2.75, 3.05) is 6.61 Å². The van der Waals surface area contributed by atoms with Crippen molar-refractivity contribution < 1.29 is 36.3 Å². The fourth-order valence-corrected chi connectivity index (χ4v) is 6.50. The smallest absolute Gasteiger partial charge is 0.411 e. The summed E-state index contributed by atoms with van der Waals surface area (Å²) in [5, 5.41) is 17.9. The summed E-state index contributed by atoms with van der Waals surface area (Å²) in [6.07, 6.45) is -4.06. The van der Waals surface area contributed by atoms with Gasteiger partial charge in [-0.15, -0.1) is 0 Å². The zero-order chi connectivity index (χ0) is 37.6. The Morgan fingerprint density at radius 3 is 2.40 bits per heavy atom. The molecule has 1 saturated carbocycles. The van der Waals surface area contributed by atoms with Crippen LogP contribution in [-0.2, 0) is 15.1 Å². The van der Waals surface area contributed by atoms with Gasteiger partial charge in [0, 0.05) is 18.0 Å². The number of alkyl carbamates (subject to hydrolysis) is 1. The highest BCUT2D eigenvalue weighted by atomic mass is 35.5. The van der Waals surface area contributed by atoms with Gasteiger partial charge in [-0.2, -0.15) is 18.3 Å². The third-order valence-corrected chi connectivity index (χ3v) is 9.18. The van der Waals surface area contributed by atoms with E-state index in [2.05, 4.69) is 25.4 Å². The van der Waals surface area contributed by atoms with Crippen LogP contribution >= 0.6 is 11.6 Å². The minimum atomic E-state index is -4.72. The Hall–Kier alpha value is -5.19. The molecule has 1 aliphatic heterocycles. The number of amides is 2. The Morgan fingerprint density at radius 1 is 1.10 bits per heavy atom. The zero-order valence-electron chi connectivity index (χ0n) is 28.0. The van der Waals surface area contributed by atoms with E-state index in [1.54, 1.807) is 36.7 Å². The molecule has 0 spiro atoms. The molecule has 6 rings (SSSR count). The first-order valence-electron chi connectivity index (χ1n) is 16.0. The predicted molar refractivity (Wildman–Crippen MR) is 177 cm³/mol. The van der Waals surface area contributed by atoms with Gasteiger partial charge in [0.1, 0.15) is 24.0 Å². The maximum Gasteiger partial charge on any atom is 0.411 e. The van der Waals surface area contributed by atoms with Crippen LogP contribution in [0.1, 0.15) is 69.5 Å². The minimum absolute atomic E-state index is 0.0272. The number of guanidine groups is 1. The number of hydrogen-bond donors (Lipinski definition) is 3. The maximum absolute atomic E-state index is 14.9. The Kier molecular flexibility index (Phi) is 9.44. The van der Waals surface area contributed by atoms with Crippen molar-refractivity contribution in [2.45, 2.75) is 69.8 Å². The van der Waals surface area contributed by atoms with Gasteiger partial charge in [0.15, 0.2) is 11.8 Å². The first kappa shape index (κ1) is 36.6. The average Bonchev–Trinajstić information content (AvgIpc) is 3.63. The molecule has 0 radical (unpaired) electrons.